The fourth-order valence-electron chi connectivity index (χ4n) is 1.64. The third-order valence-electron chi connectivity index (χ3n) is 2.59. The van der Waals surface area contributed by atoms with Gasteiger partial charge < -0.3 is 4.57 Å². The largest absolute Gasteiger partial charge is 0.329 e. The van der Waals surface area contributed by atoms with Crippen molar-refractivity contribution in [2.24, 2.45) is 5.92 Å². The molecule has 0 saturated heterocycles. The summed E-state index contributed by atoms with van der Waals surface area (Å²) in [5.41, 5.74) is 1.97. The Labute approximate surface area is 90.3 Å². The molecule has 3 rings (SSSR count). The molecule has 0 unspecified atom stereocenters. The van der Waals surface area contributed by atoms with Crippen LogP contribution in [0.5, 0.6) is 0 Å². The first-order valence-corrected chi connectivity index (χ1v) is 5.58. The van der Waals surface area contributed by atoms with Crippen molar-refractivity contribution in [2.75, 3.05) is 0 Å². The Morgan fingerprint density at radius 2 is 2.29 bits per heavy atom. The van der Waals surface area contributed by atoms with Crippen molar-refractivity contribution in [3.63, 3.8) is 0 Å². The van der Waals surface area contributed by atoms with E-state index in [1.165, 1.54) is 12.8 Å². The SMILES string of the molecule is Brc1cnc2ncn(CC3CC3)c2c1. The number of nitrogens with zero attached hydrogens (tertiary/aromatic N) is 3. The zero-order valence-electron chi connectivity index (χ0n) is 7.65. The second kappa shape index (κ2) is 3.05. The lowest BCUT2D eigenvalue weighted by molar-refractivity contribution is 0.642. The van der Waals surface area contributed by atoms with E-state index in [9.17, 15) is 0 Å². The number of rotatable bonds is 2. The summed E-state index contributed by atoms with van der Waals surface area (Å²) in [6, 6.07) is 2.08. The monoisotopic (exact) mass is 251 g/mol. The molecule has 0 N–H and O–H groups in total. The van der Waals surface area contributed by atoms with E-state index in [4.69, 9.17) is 0 Å². The van der Waals surface area contributed by atoms with Crippen molar-refractivity contribution in [2.45, 2.75) is 19.4 Å². The minimum atomic E-state index is 0.842. The molecule has 1 aliphatic carbocycles. The van der Waals surface area contributed by atoms with Gasteiger partial charge in [-0.1, -0.05) is 0 Å². The van der Waals surface area contributed by atoms with Crippen LogP contribution in [-0.2, 0) is 6.54 Å². The molecule has 0 bridgehead atoms. The zero-order valence-corrected chi connectivity index (χ0v) is 9.24. The molecule has 0 spiro atoms. The number of imidazole rings is 1. The maximum atomic E-state index is 4.27. The predicted octanol–water partition coefficient (Wildman–Crippen LogP) is 2.60. The Hall–Kier alpha value is -0.900. The van der Waals surface area contributed by atoms with Crippen LogP contribution in [0.15, 0.2) is 23.1 Å². The van der Waals surface area contributed by atoms with E-state index in [-0.39, 0.29) is 0 Å². The summed E-state index contributed by atoms with van der Waals surface area (Å²) in [5, 5.41) is 0. The number of hydrogen-bond donors (Lipinski definition) is 0. The van der Waals surface area contributed by atoms with Gasteiger partial charge in [-0.3, -0.25) is 0 Å². The predicted molar refractivity (Wildman–Crippen MR) is 58.0 cm³/mol. The minimum Gasteiger partial charge on any atom is -0.329 e. The molecular weight excluding hydrogens is 242 g/mol. The second-order valence-electron chi connectivity index (χ2n) is 3.84. The van der Waals surface area contributed by atoms with Gasteiger partial charge >= 0.3 is 0 Å². The first-order chi connectivity index (χ1) is 6.83. The van der Waals surface area contributed by atoms with Gasteiger partial charge in [-0.15, -0.1) is 0 Å². The van der Waals surface area contributed by atoms with Gasteiger partial charge in [0.15, 0.2) is 5.65 Å². The molecule has 14 heavy (non-hydrogen) atoms. The number of aromatic nitrogens is 3. The summed E-state index contributed by atoms with van der Waals surface area (Å²) in [6.07, 6.45) is 6.40. The Morgan fingerprint density at radius 1 is 1.43 bits per heavy atom. The molecule has 0 amide bonds. The van der Waals surface area contributed by atoms with Crippen LogP contribution in [-0.4, -0.2) is 14.5 Å². The van der Waals surface area contributed by atoms with E-state index >= 15 is 0 Å². The molecule has 72 valence electrons. The molecule has 4 heteroatoms. The lowest BCUT2D eigenvalue weighted by atomic mass is 10.4. The average molecular weight is 252 g/mol. The van der Waals surface area contributed by atoms with E-state index in [1.807, 2.05) is 6.33 Å². The van der Waals surface area contributed by atoms with Gasteiger partial charge in [0.25, 0.3) is 0 Å². The van der Waals surface area contributed by atoms with Crippen LogP contribution in [0.2, 0.25) is 0 Å². The highest BCUT2D eigenvalue weighted by atomic mass is 79.9. The molecule has 3 nitrogen and oxygen atoms in total. The number of halogens is 1. The molecule has 1 saturated carbocycles. The molecule has 0 atom stereocenters. The van der Waals surface area contributed by atoms with E-state index < -0.39 is 0 Å². The Kier molecular flexibility index (Phi) is 1.83. The van der Waals surface area contributed by atoms with Gasteiger partial charge in [0.05, 0.1) is 11.8 Å². The molecular formula is C10H10BrN3. The number of fused-ring (bicyclic) bond motifs is 1. The van der Waals surface area contributed by atoms with E-state index in [0.717, 1.165) is 28.1 Å². The van der Waals surface area contributed by atoms with Crippen LogP contribution in [0.3, 0.4) is 0 Å². The lowest BCUT2D eigenvalue weighted by Gasteiger charge is -2.01. The first-order valence-electron chi connectivity index (χ1n) is 4.79. The summed E-state index contributed by atoms with van der Waals surface area (Å²) in [7, 11) is 0. The van der Waals surface area contributed by atoms with E-state index in [1.54, 1.807) is 6.20 Å². The Balaban J connectivity index is 2.08. The standard InChI is InChI=1S/C10H10BrN3/c11-8-3-9-10(12-4-8)13-6-14(9)5-7-1-2-7/h3-4,6-7H,1-2,5H2. The second-order valence-corrected chi connectivity index (χ2v) is 4.75. The molecule has 0 aromatic carbocycles. The maximum Gasteiger partial charge on any atom is 0.177 e. The van der Waals surface area contributed by atoms with E-state index in [0.29, 0.717) is 0 Å². The van der Waals surface area contributed by atoms with Gasteiger partial charge in [-0.05, 0) is 40.8 Å². The lowest BCUT2D eigenvalue weighted by Crippen LogP contribution is -1.97. The van der Waals surface area contributed by atoms with Crippen molar-refractivity contribution in [1.29, 1.82) is 0 Å². The Bertz CT molecular complexity index is 473. The van der Waals surface area contributed by atoms with Crippen molar-refractivity contribution in [3.05, 3.63) is 23.1 Å². The summed E-state index contributed by atoms with van der Waals surface area (Å²) < 4.78 is 3.22. The molecule has 2 aromatic heterocycles. The summed E-state index contributed by atoms with van der Waals surface area (Å²) in [4.78, 5) is 8.52. The quantitative estimate of drug-likeness (QED) is 0.822. The molecule has 2 aromatic rings. The maximum absolute atomic E-state index is 4.27. The fraction of sp³-hybridized carbons (Fsp3) is 0.400. The van der Waals surface area contributed by atoms with Gasteiger partial charge in [-0.25, -0.2) is 9.97 Å². The molecule has 0 aliphatic heterocycles. The third-order valence-corrected chi connectivity index (χ3v) is 3.03. The minimum absolute atomic E-state index is 0.842. The van der Waals surface area contributed by atoms with Crippen LogP contribution >= 0.6 is 15.9 Å². The van der Waals surface area contributed by atoms with Crippen LogP contribution in [0.1, 0.15) is 12.8 Å². The topological polar surface area (TPSA) is 30.7 Å². The van der Waals surface area contributed by atoms with Crippen LogP contribution in [0, 0.1) is 5.92 Å². The fourth-order valence-corrected chi connectivity index (χ4v) is 1.96. The summed E-state index contributed by atoms with van der Waals surface area (Å²) >= 11 is 3.43. The van der Waals surface area contributed by atoms with Crippen molar-refractivity contribution < 1.29 is 0 Å². The third kappa shape index (κ3) is 1.43. The molecule has 0 radical (unpaired) electrons. The van der Waals surface area contributed by atoms with Crippen LogP contribution in [0.4, 0.5) is 0 Å². The Morgan fingerprint density at radius 3 is 3.07 bits per heavy atom. The van der Waals surface area contributed by atoms with Crippen molar-refractivity contribution in [1.82, 2.24) is 14.5 Å². The highest BCUT2D eigenvalue weighted by Gasteiger charge is 2.22. The smallest absolute Gasteiger partial charge is 0.177 e. The van der Waals surface area contributed by atoms with Gasteiger partial charge in [0.1, 0.15) is 0 Å². The van der Waals surface area contributed by atoms with Gasteiger partial charge in [-0.2, -0.15) is 0 Å². The summed E-state index contributed by atoms with van der Waals surface area (Å²) in [5.74, 6) is 0.867. The van der Waals surface area contributed by atoms with Crippen molar-refractivity contribution >= 4 is 27.1 Å². The highest BCUT2D eigenvalue weighted by molar-refractivity contribution is 9.10. The number of hydrogen-bond acceptors (Lipinski definition) is 2. The van der Waals surface area contributed by atoms with E-state index in [2.05, 4.69) is 36.5 Å². The normalized spacial score (nSPS) is 16.4. The zero-order chi connectivity index (χ0) is 9.54. The van der Waals surface area contributed by atoms with Crippen LogP contribution < -0.4 is 0 Å². The molecule has 2 heterocycles. The summed E-state index contributed by atoms with van der Waals surface area (Å²) in [6.45, 7) is 1.09. The highest BCUT2D eigenvalue weighted by Crippen LogP contribution is 2.31. The van der Waals surface area contributed by atoms with Crippen molar-refractivity contribution in [3.8, 4) is 0 Å². The van der Waals surface area contributed by atoms with Crippen LogP contribution in [0.25, 0.3) is 11.2 Å². The number of pyridine rings is 1. The molecule has 1 fully saturated rings. The van der Waals surface area contributed by atoms with Gasteiger partial charge in [0.2, 0.25) is 0 Å². The molecule has 1 aliphatic rings. The first kappa shape index (κ1) is 8.41. The average Bonchev–Trinajstić information content (AvgIpc) is 2.90. The van der Waals surface area contributed by atoms with Gasteiger partial charge in [0, 0.05) is 17.2 Å².